The van der Waals surface area contributed by atoms with E-state index in [0.717, 1.165) is 54.8 Å². The molecule has 0 bridgehead atoms. The van der Waals surface area contributed by atoms with Gasteiger partial charge in [0.1, 0.15) is 17.5 Å². The average molecular weight is 436 g/mol. The minimum atomic E-state index is -3.23. The van der Waals surface area contributed by atoms with Gasteiger partial charge in [0.15, 0.2) is 15.7 Å². The third-order valence-electron chi connectivity index (χ3n) is 5.62. The van der Waals surface area contributed by atoms with Crippen LogP contribution in [0, 0.1) is 0 Å². The lowest BCUT2D eigenvalue weighted by molar-refractivity contribution is 0.404. The number of nitrogens with zero attached hydrogens (tertiary/aromatic N) is 4. The molecule has 4 heterocycles. The largest absolute Gasteiger partial charge is 0.350 e. The third kappa shape index (κ3) is 3.47. The van der Waals surface area contributed by atoms with Crippen LogP contribution in [0.5, 0.6) is 0 Å². The van der Waals surface area contributed by atoms with Crippen LogP contribution in [-0.2, 0) is 16.3 Å². The smallest absolute Gasteiger partial charge is 0.228 e. The van der Waals surface area contributed by atoms with Crippen LogP contribution in [0.1, 0.15) is 30.0 Å². The van der Waals surface area contributed by atoms with Crippen molar-refractivity contribution in [3.05, 3.63) is 35.8 Å². The maximum Gasteiger partial charge on any atom is 0.228 e. The Morgan fingerprint density at radius 3 is 2.76 bits per heavy atom. The molecule has 1 fully saturated rings. The van der Waals surface area contributed by atoms with Crippen LogP contribution in [0.15, 0.2) is 33.9 Å². The van der Waals surface area contributed by atoms with Gasteiger partial charge < -0.3 is 14.7 Å². The fourth-order valence-corrected chi connectivity index (χ4v) is 4.82. The van der Waals surface area contributed by atoms with Crippen molar-refractivity contribution in [1.29, 1.82) is 0 Å². The maximum absolute atomic E-state index is 11.9. The van der Waals surface area contributed by atoms with Crippen molar-refractivity contribution >= 4 is 44.8 Å². The number of aromatic nitrogens is 3. The normalized spacial score (nSPS) is 17.3. The molecule has 5 rings (SSSR count). The van der Waals surface area contributed by atoms with Crippen LogP contribution < -0.4 is 10.2 Å². The Bertz CT molecular complexity index is 1160. The molecule has 1 saturated heterocycles. The zero-order chi connectivity index (χ0) is 19.3. The topological polar surface area (TPSA) is 101 Å². The second kappa shape index (κ2) is 7.55. The van der Waals surface area contributed by atoms with Gasteiger partial charge in [0.2, 0.25) is 5.58 Å². The Morgan fingerprint density at radius 1 is 1.21 bits per heavy atom. The first kappa shape index (κ1) is 20.1. The van der Waals surface area contributed by atoms with E-state index in [9.17, 15) is 8.42 Å². The minimum Gasteiger partial charge on any atom is -0.350 e. The molecule has 10 heteroatoms. The lowest BCUT2D eigenvalue weighted by Gasteiger charge is -2.20. The van der Waals surface area contributed by atoms with Gasteiger partial charge in [-0.1, -0.05) is 5.16 Å². The molecule has 1 aromatic carbocycles. The first-order valence-corrected chi connectivity index (χ1v) is 11.3. The van der Waals surface area contributed by atoms with Crippen LogP contribution in [0.3, 0.4) is 0 Å². The van der Waals surface area contributed by atoms with E-state index < -0.39 is 9.84 Å². The summed E-state index contributed by atoms with van der Waals surface area (Å²) in [4.78, 5) is 11.3. The van der Waals surface area contributed by atoms with Crippen LogP contribution in [-0.4, -0.2) is 49.4 Å². The van der Waals surface area contributed by atoms with Crippen molar-refractivity contribution in [2.24, 2.45) is 0 Å². The summed E-state index contributed by atoms with van der Waals surface area (Å²) < 4.78 is 29.4. The highest BCUT2D eigenvalue weighted by molar-refractivity contribution is 7.90. The molecule has 0 spiro atoms. The molecule has 29 heavy (non-hydrogen) atoms. The molecule has 0 amide bonds. The molecule has 0 aliphatic carbocycles. The summed E-state index contributed by atoms with van der Waals surface area (Å²) in [7, 11) is -3.23. The minimum absolute atomic E-state index is 0. The number of benzene rings is 1. The SMILES string of the molecule is CS(=O)(=O)c1ccc2c(c1)CCN2c1ncnc2c(C3CCNCC3)noc12.Cl. The molecule has 0 saturated carbocycles. The number of hydrogen-bond donors (Lipinski definition) is 1. The molecule has 0 radical (unpaired) electrons. The van der Waals surface area contributed by atoms with Crippen molar-refractivity contribution < 1.29 is 12.9 Å². The monoisotopic (exact) mass is 435 g/mol. The van der Waals surface area contributed by atoms with Gasteiger partial charge in [-0.3, -0.25) is 0 Å². The predicted octanol–water partition coefficient (Wildman–Crippen LogP) is 2.60. The fraction of sp³-hybridized carbons (Fsp3) is 0.421. The van der Waals surface area contributed by atoms with Crippen molar-refractivity contribution in [2.45, 2.75) is 30.1 Å². The van der Waals surface area contributed by atoms with E-state index in [1.165, 1.54) is 6.26 Å². The van der Waals surface area contributed by atoms with E-state index in [4.69, 9.17) is 4.52 Å². The van der Waals surface area contributed by atoms with E-state index in [0.29, 0.717) is 28.8 Å². The third-order valence-corrected chi connectivity index (χ3v) is 6.73. The predicted molar refractivity (Wildman–Crippen MR) is 112 cm³/mol. The van der Waals surface area contributed by atoms with Crippen LogP contribution in [0.25, 0.3) is 11.1 Å². The molecule has 0 atom stereocenters. The standard InChI is InChI=1S/C19H21N5O3S.ClH/c1-28(25,26)14-2-3-15-13(10-14)6-9-24(15)19-18-17(21-11-22-19)16(23-27-18)12-4-7-20-8-5-12;/h2-3,10-12,20H,4-9H2,1H3;1H. The summed E-state index contributed by atoms with van der Waals surface area (Å²) in [5.74, 6) is 1.02. The van der Waals surface area contributed by atoms with Crippen molar-refractivity contribution in [1.82, 2.24) is 20.4 Å². The fourth-order valence-electron chi connectivity index (χ4n) is 4.15. The zero-order valence-corrected chi connectivity index (χ0v) is 17.6. The molecule has 3 aromatic rings. The van der Waals surface area contributed by atoms with Gasteiger partial charge in [-0.15, -0.1) is 12.4 Å². The van der Waals surface area contributed by atoms with E-state index in [1.54, 1.807) is 18.5 Å². The highest BCUT2D eigenvalue weighted by Crippen LogP contribution is 2.39. The summed E-state index contributed by atoms with van der Waals surface area (Å²) in [5, 5.41) is 7.71. The van der Waals surface area contributed by atoms with Crippen LogP contribution >= 0.6 is 12.4 Å². The van der Waals surface area contributed by atoms with Crippen molar-refractivity contribution in [3.8, 4) is 0 Å². The second-order valence-corrected chi connectivity index (χ2v) is 9.45. The number of anilines is 2. The molecule has 2 aliphatic rings. The molecule has 8 nitrogen and oxygen atoms in total. The number of hydrogen-bond acceptors (Lipinski definition) is 8. The summed E-state index contributed by atoms with van der Waals surface area (Å²) in [6.45, 7) is 2.65. The summed E-state index contributed by atoms with van der Waals surface area (Å²) in [6.07, 6.45) is 5.57. The van der Waals surface area contributed by atoms with Gasteiger partial charge in [0.05, 0.1) is 4.90 Å². The van der Waals surface area contributed by atoms with Gasteiger partial charge >= 0.3 is 0 Å². The highest BCUT2D eigenvalue weighted by Gasteiger charge is 2.29. The number of halogens is 1. The summed E-state index contributed by atoms with van der Waals surface area (Å²) in [5.41, 5.74) is 4.22. The number of sulfone groups is 1. The number of nitrogens with one attached hydrogen (secondary N) is 1. The second-order valence-electron chi connectivity index (χ2n) is 7.43. The number of fused-ring (bicyclic) bond motifs is 2. The molecular formula is C19H22ClN5O3S. The van der Waals surface area contributed by atoms with E-state index in [2.05, 4.69) is 25.3 Å². The molecular weight excluding hydrogens is 414 g/mol. The quantitative estimate of drug-likeness (QED) is 0.669. The molecule has 0 unspecified atom stereocenters. The van der Waals surface area contributed by atoms with E-state index in [1.807, 2.05) is 6.07 Å². The lowest BCUT2D eigenvalue weighted by Crippen LogP contribution is -2.26. The Morgan fingerprint density at radius 2 is 2.00 bits per heavy atom. The summed E-state index contributed by atoms with van der Waals surface area (Å²) >= 11 is 0. The van der Waals surface area contributed by atoms with E-state index >= 15 is 0 Å². The van der Waals surface area contributed by atoms with Crippen LogP contribution in [0.2, 0.25) is 0 Å². The maximum atomic E-state index is 11.9. The average Bonchev–Trinajstić information content (AvgIpc) is 3.31. The van der Waals surface area contributed by atoms with Crippen molar-refractivity contribution in [3.63, 3.8) is 0 Å². The van der Waals surface area contributed by atoms with Gasteiger partial charge in [-0.2, -0.15) is 0 Å². The number of piperidine rings is 1. The Kier molecular flexibility index (Phi) is 5.22. The van der Waals surface area contributed by atoms with Gasteiger partial charge in [0.25, 0.3) is 0 Å². The van der Waals surface area contributed by atoms with E-state index in [-0.39, 0.29) is 12.4 Å². The summed E-state index contributed by atoms with van der Waals surface area (Å²) in [6, 6.07) is 5.24. The highest BCUT2D eigenvalue weighted by atomic mass is 35.5. The van der Waals surface area contributed by atoms with Gasteiger partial charge in [0, 0.05) is 24.4 Å². The lowest BCUT2D eigenvalue weighted by atomic mass is 9.94. The first-order chi connectivity index (χ1) is 13.5. The van der Waals surface area contributed by atoms with Crippen LogP contribution in [0.4, 0.5) is 11.5 Å². The Hall–Kier alpha value is -2.23. The Balaban J connectivity index is 0.00000205. The Labute approximate surface area is 175 Å². The molecule has 154 valence electrons. The molecule has 2 aromatic heterocycles. The molecule has 1 N–H and O–H groups in total. The van der Waals surface area contributed by atoms with Gasteiger partial charge in [-0.05, 0) is 56.1 Å². The first-order valence-electron chi connectivity index (χ1n) is 9.44. The number of rotatable bonds is 3. The van der Waals surface area contributed by atoms with Gasteiger partial charge in [-0.25, -0.2) is 18.4 Å². The zero-order valence-electron chi connectivity index (χ0n) is 16.0. The molecule has 2 aliphatic heterocycles. The van der Waals surface area contributed by atoms with Crippen molar-refractivity contribution in [2.75, 3.05) is 30.8 Å².